The number of nitrogens with zero attached hydrogens (tertiary/aromatic N) is 3. The average molecular weight is 194 g/mol. The summed E-state index contributed by atoms with van der Waals surface area (Å²) in [5.41, 5.74) is 1.08. The van der Waals surface area contributed by atoms with E-state index in [0.717, 1.165) is 18.2 Å². The minimum absolute atomic E-state index is 0.389. The zero-order valence-corrected chi connectivity index (χ0v) is 9.07. The van der Waals surface area contributed by atoms with Crippen molar-refractivity contribution in [3.63, 3.8) is 0 Å². The smallest absolute Gasteiger partial charge is 0.0998 e. The van der Waals surface area contributed by atoms with Crippen LogP contribution in [0.2, 0.25) is 0 Å². The van der Waals surface area contributed by atoms with Crippen molar-refractivity contribution >= 4 is 0 Å². The largest absolute Gasteiger partial charge is 0.308 e. The summed E-state index contributed by atoms with van der Waals surface area (Å²) in [4.78, 5) is 0. The second-order valence-electron chi connectivity index (χ2n) is 4.52. The first-order valence-electron chi connectivity index (χ1n) is 5.26. The van der Waals surface area contributed by atoms with Crippen molar-refractivity contribution in [3.8, 4) is 0 Å². The maximum Gasteiger partial charge on any atom is 0.0998 e. The lowest BCUT2D eigenvalue weighted by atomic mass is 9.85. The second-order valence-corrected chi connectivity index (χ2v) is 4.52. The molecule has 0 aromatic carbocycles. The maximum absolute atomic E-state index is 4.17. The van der Waals surface area contributed by atoms with Crippen LogP contribution in [0.15, 0.2) is 6.20 Å². The lowest BCUT2D eigenvalue weighted by Crippen LogP contribution is -2.37. The van der Waals surface area contributed by atoms with Crippen molar-refractivity contribution in [2.45, 2.75) is 26.3 Å². The highest BCUT2D eigenvalue weighted by atomic mass is 15.4. The maximum atomic E-state index is 4.17. The van der Waals surface area contributed by atoms with Gasteiger partial charge in [0.15, 0.2) is 0 Å². The molecule has 1 aromatic rings. The molecular weight excluding hydrogens is 176 g/mol. The van der Waals surface area contributed by atoms with Gasteiger partial charge >= 0.3 is 0 Å². The quantitative estimate of drug-likeness (QED) is 0.728. The third-order valence-electron chi connectivity index (χ3n) is 2.97. The van der Waals surface area contributed by atoms with Gasteiger partial charge in [0.2, 0.25) is 0 Å². The van der Waals surface area contributed by atoms with Gasteiger partial charge in [0.05, 0.1) is 11.7 Å². The summed E-state index contributed by atoms with van der Waals surface area (Å²) < 4.78 is 1.77. The highest BCUT2D eigenvalue weighted by Gasteiger charge is 2.27. The number of piperidine rings is 1. The van der Waals surface area contributed by atoms with Crippen LogP contribution in [0, 0.1) is 11.8 Å². The Kier molecular flexibility index (Phi) is 2.54. The molecule has 0 saturated carbocycles. The van der Waals surface area contributed by atoms with Crippen LogP contribution in [0.4, 0.5) is 0 Å². The normalized spacial score (nSPS) is 33.2. The first-order chi connectivity index (χ1) is 6.66. The van der Waals surface area contributed by atoms with E-state index in [1.165, 1.54) is 6.42 Å². The van der Waals surface area contributed by atoms with E-state index in [1.807, 2.05) is 13.2 Å². The summed E-state index contributed by atoms with van der Waals surface area (Å²) in [5, 5.41) is 11.7. The zero-order chi connectivity index (χ0) is 10.1. The molecule has 1 fully saturated rings. The molecule has 2 heterocycles. The highest BCUT2D eigenvalue weighted by Crippen LogP contribution is 2.29. The Balaban J connectivity index is 2.11. The van der Waals surface area contributed by atoms with Crippen LogP contribution in [0.5, 0.6) is 0 Å². The summed E-state index contributed by atoms with van der Waals surface area (Å²) in [6.45, 7) is 5.66. The van der Waals surface area contributed by atoms with Crippen molar-refractivity contribution in [1.82, 2.24) is 20.3 Å². The molecule has 1 aliphatic heterocycles. The van der Waals surface area contributed by atoms with E-state index < -0.39 is 0 Å². The lowest BCUT2D eigenvalue weighted by molar-refractivity contribution is 0.243. The van der Waals surface area contributed by atoms with Gasteiger partial charge in [0.25, 0.3) is 0 Å². The van der Waals surface area contributed by atoms with Crippen molar-refractivity contribution in [2.24, 2.45) is 18.9 Å². The molecule has 0 bridgehead atoms. The van der Waals surface area contributed by atoms with Crippen LogP contribution < -0.4 is 5.32 Å². The van der Waals surface area contributed by atoms with Crippen molar-refractivity contribution in [3.05, 3.63) is 11.9 Å². The monoisotopic (exact) mass is 194 g/mol. The van der Waals surface area contributed by atoms with Crippen LogP contribution >= 0.6 is 0 Å². The molecule has 3 unspecified atom stereocenters. The molecule has 0 spiro atoms. The third kappa shape index (κ3) is 1.80. The van der Waals surface area contributed by atoms with Crippen LogP contribution in [0.25, 0.3) is 0 Å². The number of aromatic nitrogens is 3. The molecule has 4 heteroatoms. The topological polar surface area (TPSA) is 42.7 Å². The van der Waals surface area contributed by atoms with Crippen molar-refractivity contribution in [1.29, 1.82) is 0 Å². The fourth-order valence-corrected chi connectivity index (χ4v) is 2.29. The van der Waals surface area contributed by atoms with Crippen LogP contribution in [0.1, 0.15) is 32.0 Å². The molecule has 3 atom stereocenters. The van der Waals surface area contributed by atoms with E-state index in [9.17, 15) is 0 Å². The fraction of sp³-hybridized carbons (Fsp3) is 0.800. The number of aryl methyl sites for hydroxylation is 1. The molecule has 78 valence electrons. The van der Waals surface area contributed by atoms with E-state index in [2.05, 4.69) is 29.5 Å². The van der Waals surface area contributed by atoms with E-state index in [0.29, 0.717) is 12.0 Å². The van der Waals surface area contributed by atoms with Crippen LogP contribution in [-0.4, -0.2) is 21.5 Å². The van der Waals surface area contributed by atoms with Gasteiger partial charge in [0.1, 0.15) is 0 Å². The number of rotatable bonds is 1. The fourth-order valence-electron chi connectivity index (χ4n) is 2.29. The summed E-state index contributed by atoms with van der Waals surface area (Å²) in [6.07, 6.45) is 3.28. The van der Waals surface area contributed by atoms with Crippen LogP contribution in [0.3, 0.4) is 0 Å². The third-order valence-corrected chi connectivity index (χ3v) is 2.97. The Labute approximate surface area is 84.7 Å². The molecule has 1 aromatic heterocycles. The van der Waals surface area contributed by atoms with Gasteiger partial charge in [-0.15, -0.1) is 5.10 Å². The summed E-state index contributed by atoms with van der Waals surface area (Å²) in [5.74, 6) is 1.42. The van der Waals surface area contributed by atoms with Gasteiger partial charge in [0, 0.05) is 13.2 Å². The Hall–Kier alpha value is -0.900. The molecule has 1 N–H and O–H groups in total. The number of hydrogen-bond donors (Lipinski definition) is 1. The van der Waals surface area contributed by atoms with E-state index in [1.54, 1.807) is 4.68 Å². The predicted molar refractivity (Wildman–Crippen MR) is 54.7 cm³/mol. The summed E-state index contributed by atoms with van der Waals surface area (Å²) >= 11 is 0. The molecular formula is C10H18N4. The minimum Gasteiger partial charge on any atom is -0.308 e. The SMILES string of the molecule is CC1CNC(c2cn(C)nn2)C(C)C1. The van der Waals surface area contributed by atoms with Gasteiger partial charge in [-0.1, -0.05) is 19.1 Å². The molecule has 14 heavy (non-hydrogen) atoms. The van der Waals surface area contributed by atoms with Gasteiger partial charge < -0.3 is 5.32 Å². The molecule has 1 aliphatic rings. The van der Waals surface area contributed by atoms with Gasteiger partial charge in [-0.2, -0.15) is 0 Å². The summed E-state index contributed by atoms with van der Waals surface area (Å²) in [6, 6.07) is 0.389. The molecule has 4 nitrogen and oxygen atoms in total. The molecule has 0 amide bonds. The number of nitrogens with one attached hydrogen (secondary N) is 1. The predicted octanol–water partition coefficient (Wildman–Crippen LogP) is 1.12. The Bertz CT molecular complexity index is 307. The van der Waals surface area contributed by atoms with Crippen LogP contribution in [-0.2, 0) is 7.05 Å². The molecule has 2 rings (SSSR count). The minimum atomic E-state index is 0.389. The standard InChI is InChI=1S/C10H18N4/c1-7-4-8(2)10(11-5-7)9-6-14(3)13-12-9/h6-8,10-11H,4-5H2,1-3H3. The highest BCUT2D eigenvalue weighted by molar-refractivity contribution is 5.04. The molecule has 0 radical (unpaired) electrons. The summed E-state index contributed by atoms with van der Waals surface area (Å²) in [7, 11) is 1.91. The first-order valence-corrected chi connectivity index (χ1v) is 5.26. The average Bonchev–Trinajstić information content (AvgIpc) is 2.51. The molecule has 0 aliphatic carbocycles. The van der Waals surface area contributed by atoms with Crippen molar-refractivity contribution < 1.29 is 0 Å². The van der Waals surface area contributed by atoms with Crippen molar-refractivity contribution in [2.75, 3.05) is 6.54 Å². The Morgan fingerprint density at radius 2 is 2.29 bits per heavy atom. The Morgan fingerprint density at radius 1 is 1.50 bits per heavy atom. The molecule has 1 saturated heterocycles. The first kappa shape index (κ1) is 9.65. The van der Waals surface area contributed by atoms with E-state index in [-0.39, 0.29) is 0 Å². The zero-order valence-electron chi connectivity index (χ0n) is 9.07. The van der Waals surface area contributed by atoms with E-state index in [4.69, 9.17) is 0 Å². The van der Waals surface area contributed by atoms with Gasteiger partial charge in [-0.25, -0.2) is 0 Å². The van der Waals surface area contributed by atoms with E-state index >= 15 is 0 Å². The second kappa shape index (κ2) is 3.69. The Morgan fingerprint density at radius 3 is 2.86 bits per heavy atom. The van der Waals surface area contributed by atoms with Gasteiger partial charge in [-0.3, -0.25) is 4.68 Å². The lowest BCUT2D eigenvalue weighted by Gasteiger charge is -2.32. The number of hydrogen-bond acceptors (Lipinski definition) is 3. The van der Waals surface area contributed by atoms with Gasteiger partial charge in [-0.05, 0) is 24.8 Å².